The van der Waals surface area contributed by atoms with Crippen LogP contribution < -0.4 is 4.90 Å². The van der Waals surface area contributed by atoms with E-state index in [1.807, 2.05) is 72.8 Å². The van der Waals surface area contributed by atoms with Crippen LogP contribution in [0.3, 0.4) is 0 Å². The lowest BCUT2D eigenvalue weighted by Gasteiger charge is -2.26. The van der Waals surface area contributed by atoms with Crippen LogP contribution in [0.15, 0.2) is 199 Å². The average molecular weight is 693 g/mol. The molecule has 54 heavy (non-hydrogen) atoms. The number of para-hydroxylation sites is 1. The van der Waals surface area contributed by atoms with Gasteiger partial charge in [0, 0.05) is 38.8 Å². The molecule has 2 heterocycles. The summed E-state index contributed by atoms with van der Waals surface area (Å²) in [6, 6.07) is 66.8. The number of benzene rings is 8. The van der Waals surface area contributed by atoms with Crippen LogP contribution in [0.2, 0.25) is 0 Å². The first-order valence-electron chi connectivity index (χ1n) is 18.0. The number of aromatic nitrogens is 3. The molecular formula is C49H32N4O. The van der Waals surface area contributed by atoms with Gasteiger partial charge in [-0.25, -0.2) is 15.0 Å². The molecule has 2 aromatic heterocycles. The molecule has 0 radical (unpaired) electrons. The first-order chi connectivity index (χ1) is 26.8. The molecule has 254 valence electrons. The second-order valence-corrected chi connectivity index (χ2v) is 13.3. The zero-order chi connectivity index (χ0) is 35.8. The molecule has 0 saturated carbocycles. The van der Waals surface area contributed by atoms with E-state index < -0.39 is 0 Å². The number of hydrogen-bond acceptors (Lipinski definition) is 5. The van der Waals surface area contributed by atoms with E-state index in [0.29, 0.717) is 17.5 Å². The fourth-order valence-electron chi connectivity index (χ4n) is 7.28. The zero-order valence-corrected chi connectivity index (χ0v) is 29.2. The van der Waals surface area contributed by atoms with Crippen molar-refractivity contribution in [2.75, 3.05) is 4.90 Å². The number of hydrogen-bond donors (Lipinski definition) is 0. The summed E-state index contributed by atoms with van der Waals surface area (Å²) in [5.41, 5.74) is 9.52. The largest absolute Gasteiger partial charge is 0.454 e. The van der Waals surface area contributed by atoms with Gasteiger partial charge < -0.3 is 9.32 Å². The second kappa shape index (κ2) is 13.3. The monoisotopic (exact) mass is 692 g/mol. The molecule has 0 aliphatic carbocycles. The lowest BCUT2D eigenvalue weighted by atomic mass is 10.0. The summed E-state index contributed by atoms with van der Waals surface area (Å²) >= 11 is 0. The van der Waals surface area contributed by atoms with E-state index in [4.69, 9.17) is 19.4 Å². The standard InChI is InChI=1S/C49H32N4O/c1-5-15-33(16-6-1)34-25-27-40(28-26-34)53(39-23-11-4-12-24-39)43-30-29-41(45-42-31-37-21-13-14-22-38(37)32-44(42)54-46(43)45)49-51-47(35-17-7-2-8-18-35)50-48(52-49)36-19-9-3-10-20-36/h1-32H. The van der Waals surface area contributed by atoms with E-state index in [-0.39, 0.29) is 0 Å². The van der Waals surface area contributed by atoms with Gasteiger partial charge in [0.05, 0.1) is 5.69 Å². The Labute approximate surface area is 312 Å². The van der Waals surface area contributed by atoms with Crippen LogP contribution >= 0.6 is 0 Å². The van der Waals surface area contributed by atoms with E-state index in [9.17, 15) is 0 Å². The van der Waals surface area contributed by atoms with Crippen molar-refractivity contribution in [3.05, 3.63) is 194 Å². The Hall–Kier alpha value is -7.37. The van der Waals surface area contributed by atoms with Gasteiger partial charge in [0.1, 0.15) is 5.58 Å². The van der Waals surface area contributed by atoms with Crippen molar-refractivity contribution in [3.63, 3.8) is 0 Å². The van der Waals surface area contributed by atoms with Crippen molar-refractivity contribution < 1.29 is 4.42 Å². The molecule has 0 atom stereocenters. The van der Waals surface area contributed by atoms with Gasteiger partial charge in [-0.15, -0.1) is 0 Å². The van der Waals surface area contributed by atoms with Gasteiger partial charge >= 0.3 is 0 Å². The number of furan rings is 1. The predicted octanol–water partition coefficient (Wildman–Crippen LogP) is 13.1. The van der Waals surface area contributed by atoms with Crippen LogP contribution in [0.25, 0.3) is 78.0 Å². The molecule has 5 heteroatoms. The SMILES string of the molecule is c1ccc(-c2ccc(N(c3ccccc3)c3ccc(-c4nc(-c5ccccc5)nc(-c5ccccc5)n4)c4c3oc3cc5ccccc5cc34)cc2)cc1. The molecule has 0 amide bonds. The highest BCUT2D eigenvalue weighted by atomic mass is 16.3. The van der Waals surface area contributed by atoms with Gasteiger partial charge in [0.15, 0.2) is 23.1 Å². The quantitative estimate of drug-likeness (QED) is 0.166. The van der Waals surface area contributed by atoms with Crippen molar-refractivity contribution in [1.29, 1.82) is 0 Å². The first-order valence-corrected chi connectivity index (χ1v) is 18.0. The third-order valence-electron chi connectivity index (χ3n) is 9.89. The van der Waals surface area contributed by atoms with E-state index in [1.165, 1.54) is 5.56 Å². The van der Waals surface area contributed by atoms with Crippen LogP contribution in [0, 0.1) is 0 Å². The highest BCUT2D eigenvalue weighted by Crippen LogP contribution is 2.46. The number of anilines is 3. The Morgan fingerprint density at radius 2 is 0.870 bits per heavy atom. The van der Waals surface area contributed by atoms with Gasteiger partial charge in [0.2, 0.25) is 0 Å². The van der Waals surface area contributed by atoms with Crippen molar-refractivity contribution >= 4 is 49.8 Å². The van der Waals surface area contributed by atoms with Gasteiger partial charge in [0.25, 0.3) is 0 Å². The summed E-state index contributed by atoms with van der Waals surface area (Å²) in [6.45, 7) is 0. The third-order valence-corrected chi connectivity index (χ3v) is 9.89. The predicted molar refractivity (Wildman–Crippen MR) is 221 cm³/mol. The molecule has 0 fully saturated rings. The number of nitrogens with zero attached hydrogens (tertiary/aromatic N) is 4. The lowest BCUT2D eigenvalue weighted by Crippen LogP contribution is -2.10. The fraction of sp³-hybridized carbons (Fsp3) is 0. The topological polar surface area (TPSA) is 55.1 Å². The van der Waals surface area contributed by atoms with Gasteiger partial charge in [-0.3, -0.25) is 0 Å². The zero-order valence-electron chi connectivity index (χ0n) is 29.2. The van der Waals surface area contributed by atoms with Crippen LogP contribution in [-0.4, -0.2) is 15.0 Å². The fourth-order valence-corrected chi connectivity index (χ4v) is 7.28. The Morgan fingerprint density at radius 3 is 1.48 bits per heavy atom. The molecule has 10 aromatic rings. The van der Waals surface area contributed by atoms with Crippen molar-refractivity contribution in [2.24, 2.45) is 0 Å². The van der Waals surface area contributed by atoms with Crippen molar-refractivity contribution in [2.45, 2.75) is 0 Å². The molecule has 0 aliphatic heterocycles. The lowest BCUT2D eigenvalue weighted by molar-refractivity contribution is 0.669. The van der Waals surface area contributed by atoms with Crippen LogP contribution in [0.5, 0.6) is 0 Å². The minimum Gasteiger partial charge on any atom is -0.454 e. The Morgan fingerprint density at radius 1 is 0.389 bits per heavy atom. The summed E-state index contributed by atoms with van der Waals surface area (Å²) in [6.07, 6.45) is 0. The molecule has 5 nitrogen and oxygen atoms in total. The summed E-state index contributed by atoms with van der Waals surface area (Å²) < 4.78 is 6.99. The minimum atomic E-state index is 0.577. The normalized spacial score (nSPS) is 11.3. The van der Waals surface area contributed by atoms with Crippen LogP contribution in [-0.2, 0) is 0 Å². The highest BCUT2D eigenvalue weighted by molar-refractivity contribution is 6.18. The molecule has 0 spiro atoms. The Kier molecular flexibility index (Phi) is 7.73. The summed E-state index contributed by atoms with van der Waals surface area (Å²) in [5.74, 6) is 1.80. The molecule has 0 aliphatic rings. The molecular weight excluding hydrogens is 661 g/mol. The van der Waals surface area contributed by atoms with Gasteiger partial charge in [-0.2, -0.15) is 0 Å². The highest BCUT2D eigenvalue weighted by Gasteiger charge is 2.24. The van der Waals surface area contributed by atoms with E-state index in [2.05, 4.69) is 126 Å². The van der Waals surface area contributed by atoms with Gasteiger partial charge in [-0.05, 0) is 70.4 Å². The summed E-state index contributed by atoms with van der Waals surface area (Å²) in [7, 11) is 0. The third kappa shape index (κ3) is 5.65. The van der Waals surface area contributed by atoms with Crippen LogP contribution in [0.4, 0.5) is 17.1 Å². The second-order valence-electron chi connectivity index (χ2n) is 13.3. The summed E-state index contributed by atoms with van der Waals surface area (Å²) in [4.78, 5) is 17.5. The van der Waals surface area contributed by atoms with Crippen molar-refractivity contribution in [3.8, 4) is 45.3 Å². The van der Waals surface area contributed by atoms with E-state index in [1.54, 1.807) is 0 Å². The molecule has 10 rings (SSSR count). The van der Waals surface area contributed by atoms with Crippen LogP contribution in [0.1, 0.15) is 0 Å². The van der Waals surface area contributed by atoms with Crippen molar-refractivity contribution in [1.82, 2.24) is 15.0 Å². The maximum absolute atomic E-state index is 6.99. The number of fused-ring (bicyclic) bond motifs is 4. The Balaban J connectivity index is 1.24. The minimum absolute atomic E-state index is 0.577. The number of rotatable bonds is 7. The maximum atomic E-state index is 6.99. The molecule has 8 aromatic carbocycles. The Bertz CT molecular complexity index is 2850. The molecule has 0 unspecified atom stereocenters. The van der Waals surface area contributed by atoms with Gasteiger partial charge in [-0.1, -0.05) is 146 Å². The summed E-state index contributed by atoms with van der Waals surface area (Å²) in [5, 5.41) is 4.18. The molecule has 0 saturated heterocycles. The first kappa shape index (κ1) is 31.4. The molecule has 0 bridgehead atoms. The maximum Gasteiger partial charge on any atom is 0.164 e. The van der Waals surface area contributed by atoms with E-state index >= 15 is 0 Å². The molecule has 0 N–H and O–H groups in total. The average Bonchev–Trinajstić information content (AvgIpc) is 3.63. The van der Waals surface area contributed by atoms with E-state index in [0.717, 1.165) is 72.0 Å². The smallest absolute Gasteiger partial charge is 0.164 e.